The maximum absolute atomic E-state index is 4.85. The van der Waals surface area contributed by atoms with Gasteiger partial charge in [-0.2, -0.15) is 4.98 Å². The van der Waals surface area contributed by atoms with E-state index >= 15 is 0 Å². The Labute approximate surface area is 129 Å². The molecule has 0 saturated carbocycles. The molecule has 0 spiro atoms. The first-order valence-electron chi connectivity index (χ1n) is 8.43. The van der Waals surface area contributed by atoms with Gasteiger partial charge < -0.3 is 9.80 Å². The van der Waals surface area contributed by atoms with Crippen molar-refractivity contribution in [1.82, 2.24) is 9.97 Å². The molecule has 1 saturated heterocycles. The third-order valence-corrected chi connectivity index (χ3v) is 4.27. The number of hydrogen-bond acceptors (Lipinski definition) is 4. The summed E-state index contributed by atoms with van der Waals surface area (Å²) in [5.41, 5.74) is 2.53. The van der Waals surface area contributed by atoms with Gasteiger partial charge in [0.05, 0.1) is 0 Å². The van der Waals surface area contributed by atoms with Crippen LogP contribution in [0.3, 0.4) is 0 Å². The normalized spacial score (nSPS) is 14.8. The SMILES string of the molecule is CCCCCCc1c(C)nc(N(C)C)nc1N1CCCC1. The number of nitrogens with zero attached hydrogens (tertiary/aromatic N) is 4. The predicted octanol–water partition coefficient (Wildman–Crippen LogP) is 3.57. The zero-order valence-corrected chi connectivity index (χ0v) is 14.2. The van der Waals surface area contributed by atoms with E-state index in [1.807, 2.05) is 19.0 Å². The molecule has 118 valence electrons. The molecule has 1 aliphatic rings. The van der Waals surface area contributed by atoms with Crippen molar-refractivity contribution < 1.29 is 0 Å². The van der Waals surface area contributed by atoms with Crippen LogP contribution < -0.4 is 9.80 Å². The fourth-order valence-electron chi connectivity index (χ4n) is 2.98. The van der Waals surface area contributed by atoms with Gasteiger partial charge in [0.2, 0.25) is 5.95 Å². The molecule has 0 aliphatic carbocycles. The van der Waals surface area contributed by atoms with E-state index in [1.165, 1.54) is 49.9 Å². The van der Waals surface area contributed by atoms with Gasteiger partial charge >= 0.3 is 0 Å². The van der Waals surface area contributed by atoms with Gasteiger partial charge in [-0.15, -0.1) is 0 Å². The first-order chi connectivity index (χ1) is 10.1. The molecule has 21 heavy (non-hydrogen) atoms. The quantitative estimate of drug-likeness (QED) is 0.719. The third-order valence-electron chi connectivity index (χ3n) is 4.27. The summed E-state index contributed by atoms with van der Waals surface area (Å²) in [5, 5.41) is 0. The van der Waals surface area contributed by atoms with Crippen molar-refractivity contribution in [2.75, 3.05) is 37.0 Å². The summed E-state index contributed by atoms with van der Waals surface area (Å²) < 4.78 is 0. The number of unbranched alkanes of at least 4 members (excludes halogenated alkanes) is 3. The Bertz CT molecular complexity index is 450. The van der Waals surface area contributed by atoms with Crippen molar-refractivity contribution in [3.8, 4) is 0 Å². The van der Waals surface area contributed by atoms with Gasteiger partial charge in [-0.05, 0) is 32.6 Å². The monoisotopic (exact) mass is 290 g/mol. The first-order valence-corrected chi connectivity index (χ1v) is 8.43. The Balaban J connectivity index is 2.23. The Morgan fingerprint density at radius 2 is 1.76 bits per heavy atom. The lowest BCUT2D eigenvalue weighted by atomic mass is 10.1. The lowest BCUT2D eigenvalue weighted by Gasteiger charge is -2.23. The fourth-order valence-corrected chi connectivity index (χ4v) is 2.98. The van der Waals surface area contributed by atoms with Gasteiger partial charge in [0, 0.05) is 38.4 Å². The highest BCUT2D eigenvalue weighted by atomic mass is 15.3. The van der Waals surface area contributed by atoms with E-state index < -0.39 is 0 Å². The number of hydrogen-bond donors (Lipinski definition) is 0. The highest BCUT2D eigenvalue weighted by Crippen LogP contribution is 2.28. The Kier molecular flexibility index (Phi) is 5.83. The third kappa shape index (κ3) is 4.08. The molecule has 0 amide bonds. The highest BCUT2D eigenvalue weighted by molar-refractivity contribution is 5.53. The van der Waals surface area contributed by atoms with E-state index in [2.05, 4.69) is 18.7 Å². The van der Waals surface area contributed by atoms with Crippen molar-refractivity contribution in [2.45, 2.75) is 58.8 Å². The van der Waals surface area contributed by atoms with Crippen molar-refractivity contribution in [2.24, 2.45) is 0 Å². The van der Waals surface area contributed by atoms with Crippen LogP contribution in [0.5, 0.6) is 0 Å². The summed E-state index contributed by atoms with van der Waals surface area (Å²) in [4.78, 5) is 14.0. The number of aryl methyl sites for hydroxylation is 1. The van der Waals surface area contributed by atoms with Gasteiger partial charge in [0.1, 0.15) is 5.82 Å². The van der Waals surface area contributed by atoms with Crippen molar-refractivity contribution in [3.05, 3.63) is 11.3 Å². The van der Waals surface area contributed by atoms with Gasteiger partial charge in [0.25, 0.3) is 0 Å². The van der Waals surface area contributed by atoms with E-state index in [0.29, 0.717) is 0 Å². The topological polar surface area (TPSA) is 32.3 Å². The lowest BCUT2D eigenvalue weighted by molar-refractivity contribution is 0.661. The summed E-state index contributed by atoms with van der Waals surface area (Å²) >= 11 is 0. The Morgan fingerprint density at radius 3 is 2.38 bits per heavy atom. The van der Waals surface area contributed by atoms with Crippen LogP contribution in [0.15, 0.2) is 0 Å². The van der Waals surface area contributed by atoms with E-state index in [-0.39, 0.29) is 0 Å². The lowest BCUT2D eigenvalue weighted by Crippen LogP contribution is -2.24. The minimum absolute atomic E-state index is 0.840. The second-order valence-electron chi connectivity index (χ2n) is 6.31. The fraction of sp³-hybridized carbons (Fsp3) is 0.765. The summed E-state index contributed by atoms with van der Waals surface area (Å²) in [6.45, 7) is 6.69. The number of aromatic nitrogens is 2. The summed E-state index contributed by atoms with van der Waals surface area (Å²) in [6, 6.07) is 0. The molecule has 0 bridgehead atoms. The van der Waals surface area contributed by atoms with Crippen LogP contribution in [0.4, 0.5) is 11.8 Å². The molecule has 1 aliphatic heterocycles. The summed E-state index contributed by atoms with van der Waals surface area (Å²) in [6.07, 6.45) is 8.87. The summed E-state index contributed by atoms with van der Waals surface area (Å²) in [7, 11) is 4.03. The molecule has 4 heteroatoms. The molecule has 0 radical (unpaired) electrons. The average Bonchev–Trinajstić information content (AvgIpc) is 2.98. The first kappa shape index (κ1) is 16.1. The highest BCUT2D eigenvalue weighted by Gasteiger charge is 2.20. The largest absolute Gasteiger partial charge is 0.356 e. The van der Waals surface area contributed by atoms with Crippen molar-refractivity contribution in [1.29, 1.82) is 0 Å². The van der Waals surface area contributed by atoms with Crippen molar-refractivity contribution >= 4 is 11.8 Å². The van der Waals surface area contributed by atoms with Crippen LogP contribution in [-0.2, 0) is 6.42 Å². The molecule has 0 N–H and O–H groups in total. The minimum Gasteiger partial charge on any atom is -0.356 e. The molecule has 1 fully saturated rings. The Hall–Kier alpha value is -1.32. The van der Waals surface area contributed by atoms with Gasteiger partial charge in [0.15, 0.2) is 0 Å². The van der Waals surface area contributed by atoms with Crippen LogP contribution in [0.2, 0.25) is 0 Å². The van der Waals surface area contributed by atoms with Crippen LogP contribution in [0, 0.1) is 6.92 Å². The van der Waals surface area contributed by atoms with Crippen LogP contribution >= 0.6 is 0 Å². The van der Waals surface area contributed by atoms with Crippen LogP contribution in [0.25, 0.3) is 0 Å². The zero-order valence-electron chi connectivity index (χ0n) is 14.2. The van der Waals surface area contributed by atoms with Gasteiger partial charge in [-0.3, -0.25) is 0 Å². The maximum atomic E-state index is 4.85. The molecule has 4 nitrogen and oxygen atoms in total. The van der Waals surface area contributed by atoms with E-state index in [4.69, 9.17) is 9.97 Å². The maximum Gasteiger partial charge on any atom is 0.227 e. The smallest absolute Gasteiger partial charge is 0.227 e. The molecule has 2 rings (SSSR count). The minimum atomic E-state index is 0.840. The zero-order chi connectivity index (χ0) is 15.2. The van der Waals surface area contributed by atoms with E-state index in [0.717, 1.165) is 31.2 Å². The van der Waals surface area contributed by atoms with Gasteiger partial charge in [-0.1, -0.05) is 26.2 Å². The van der Waals surface area contributed by atoms with Crippen molar-refractivity contribution in [3.63, 3.8) is 0 Å². The van der Waals surface area contributed by atoms with Crippen LogP contribution in [-0.4, -0.2) is 37.2 Å². The number of rotatable bonds is 7. The second kappa shape index (κ2) is 7.62. The van der Waals surface area contributed by atoms with Crippen LogP contribution in [0.1, 0.15) is 56.7 Å². The molecular weight excluding hydrogens is 260 g/mol. The van der Waals surface area contributed by atoms with E-state index in [1.54, 1.807) is 0 Å². The van der Waals surface area contributed by atoms with E-state index in [9.17, 15) is 0 Å². The molecule has 2 heterocycles. The average molecular weight is 290 g/mol. The predicted molar refractivity (Wildman–Crippen MR) is 90.4 cm³/mol. The molecule has 1 aromatic heterocycles. The molecule has 0 aromatic carbocycles. The number of anilines is 2. The molecule has 1 aromatic rings. The molecule has 0 atom stereocenters. The van der Waals surface area contributed by atoms with Gasteiger partial charge in [-0.25, -0.2) is 4.98 Å². The second-order valence-corrected chi connectivity index (χ2v) is 6.31. The Morgan fingerprint density at radius 1 is 1.05 bits per heavy atom. The molecular formula is C17H30N4. The summed E-state index contributed by atoms with van der Waals surface area (Å²) in [5.74, 6) is 2.03. The standard InChI is InChI=1S/C17H30N4/c1-5-6-7-8-11-15-14(2)18-17(20(3)4)19-16(15)21-12-9-10-13-21/h5-13H2,1-4H3. The molecule has 0 unspecified atom stereocenters.